The summed E-state index contributed by atoms with van der Waals surface area (Å²) >= 11 is 0. The van der Waals surface area contributed by atoms with Crippen molar-refractivity contribution in [3.8, 4) is 28.4 Å². The predicted octanol–water partition coefficient (Wildman–Crippen LogP) is 10.2. The van der Waals surface area contributed by atoms with Crippen molar-refractivity contribution in [1.29, 1.82) is 0 Å². The molecule has 0 saturated heterocycles. The van der Waals surface area contributed by atoms with Crippen molar-refractivity contribution >= 4 is 67.8 Å². The van der Waals surface area contributed by atoms with Crippen LogP contribution in [0.1, 0.15) is 0 Å². The highest BCUT2D eigenvalue weighted by atomic mass is 28.3. The number of pyridine rings is 2. The van der Waals surface area contributed by atoms with Gasteiger partial charge in [0, 0.05) is 46.2 Å². The maximum absolute atomic E-state index is 6.57. The molecule has 3 aromatic heterocycles. The molecule has 58 heavy (non-hydrogen) atoms. The Morgan fingerprint density at radius 2 is 1.12 bits per heavy atom. The lowest BCUT2D eigenvalue weighted by atomic mass is 10.1. The number of para-hydroxylation sites is 2. The molecule has 7 aromatic carbocycles. The molecule has 0 aliphatic carbocycles. The summed E-state index contributed by atoms with van der Waals surface area (Å²) in [5.74, 6) is 1.48. The summed E-state index contributed by atoms with van der Waals surface area (Å²) in [6.45, 7) is 0. The van der Waals surface area contributed by atoms with Gasteiger partial charge in [-0.3, -0.25) is 9.55 Å². The van der Waals surface area contributed by atoms with Crippen LogP contribution >= 0.6 is 0 Å². The van der Waals surface area contributed by atoms with E-state index in [-0.39, 0.29) is 0 Å². The second-order valence-electron chi connectivity index (χ2n) is 14.6. The fraction of sp³-hybridized carbons (Fsp3) is 0. The van der Waals surface area contributed by atoms with Crippen molar-refractivity contribution in [3.05, 3.63) is 219 Å². The first-order chi connectivity index (χ1) is 28.8. The lowest BCUT2D eigenvalue weighted by Crippen LogP contribution is -2.77. The van der Waals surface area contributed by atoms with E-state index in [1.54, 1.807) is 0 Å². The van der Waals surface area contributed by atoms with E-state index in [9.17, 15) is 0 Å². The lowest BCUT2D eigenvalue weighted by Gasteiger charge is -2.45. The van der Waals surface area contributed by atoms with Crippen LogP contribution in [0.2, 0.25) is 0 Å². The predicted molar refractivity (Wildman–Crippen MR) is 240 cm³/mol. The molecule has 10 aromatic rings. The minimum Gasteiger partial charge on any atom is -0.457 e. The van der Waals surface area contributed by atoms with E-state index in [0.29, 0.717) is 0 Å². The topological polar surface area (TPSA) is 43.2 Å². The van der Waals surface area contributed by atoms with Crippen molar-refractivity contribution in [2.24, 2.45) is 0 Å². The fourth-order valence-electron chi connectivity index (χ4n) is 9.05. The van der Waals surface area contributed by atoms with Gasteiger partial charge >= 0.3 is 0 Å². The van der Waals surface area contributed by atoms with E-state index in [4.69, 9.17) is 9.72 Å². The van der Waals surface area contributed by atoms with Crippen molar-refractivity contribution in [3.63, 3.8) is 0 Å². The molecule has 6 heteroatoms. The van der Waals surface area contributed by atoms with E-state index in [1.807, 2.05) is 54.9 Å². The van der Waals surface area contributed by atoms with E-state index in [0.717, 1.165) is 56.1 Å². The minimum absolute atomic E-state index is 0.735. The molecule has 0 N–H and O–H groups in total. The third kappa shape index (κ3) is 5.30. The van der Waals surface area contributed by atoms with Crippen LogP contribution in [-0.2, 0) is 0 Å². The Kier molecular flexibility index (Phi) is 8.08. The lowest BCUT2D eigenvalue weighted by molar-refractivity contribution is 0.482. The van der Waals surface area contributed by atoms with Crippen LogP contribution in [0.15, 0.2) is 219 Å². The summed E-state index contributed by atoms with van der Waals surface area (Å²) in [6, 6.07) is 73.6. The van der Waals surface area contributed by atoms with Gasteiger partial charge in [0.2, 0.25) is 0 Å². The number of ether oxygens (including phenoxy) is 1. The Balaban J connectivity index is 1.18. The zero-order valence-electron chi connectivity index (χ0n) is 31.5. The molecule has 0 bridgehead atoms. The molecule has 4 heterocycles. The number of hydrogen-bond acceptors (Lipinski definition) is 4. The number of rotatable bonds is 7. The summed E-state index contributed by atoms with van der Waals surface area (Å²) in [5.41, 5.74) is 8.33. The Bertz CT molecular complexity index is 3060. The van der Waals surface area contributed by atoms with Crippen molar-refractivity contribution in [1.82, 2.24) is 14.5 Å². The maximum Gasteiger partial charge on any atom is 0.184 e. The Morgan fingerprint density at radius 3 is 1.88 bits per heavy atom. The van der Waals surface area contributed by atoms with Gasteiger partial charge in [-0.2, -0.15) is 0 Å². The van der Waals surface area contributed by atoms with Gasteiger partial charge in [-0.15, -0.1) is 0 Å². The number of anilines is 3. The van der Waals surface area contributed by atoms with Gasteiger partial charge in [0.05, 0.1) is 22.6 Å². The Labute approximate surface area is 337 Å². The molecule has 1 aliphatic heterocycles. The Morgan fingerprint density at radius 1 is 0.466 bits per heavy atom. The average Bonchev–Trinajstić information content (AvgIpc) is 3.64. The maximum atomic E-state index is 6.57. The highest BCUT2D eigenvalue weighted by Gasteiger charge is 2.49. The third-order valence-corrected chi connectivity index (χ3v) is 16.2. The molecular formula is C52H36N4OSi. The second kappa shape index (κ2) is 13.9. The van der Waals surface area contributed by atoms with E-state index >= 15 is 0 Å². The minimum atomic E-state index is -2.90. The molecule has 1 aliphatic rings. The molecule has 0 fully saturated rings. The van der Waals surface area contributed by atoms with Gasteiger partial charge in [-0.25, -0.2) is 4.98 Å². The van der Waals surface area contributed by atoms with E-state index < -0.39 is 8.07 Å². The number of nitrogens with zero attached hydrogens (tertiary/aromatic N) is 4. The zero-order valence-corrected chi connectivity index (χ0v) is 32.5. The molecule has 0 amide bonds. The largest absolute Gasteiger partial charge is 0.457 e. The van der Waals surface area contributed by atoms with Crippen LogP contribution in [0.3, 0.4) is 0 Å². The smallest absolute Gasteiger partial charge is 0.184 e. The second-order valence-corrected chi connectivity index (χ2v) is 18.3. The van der Waals surface area contributed by atoms with Crippen LogP contribution in [0, 0.1) is 0 Å². The van der Waals surface area contributed by atoms with Gasteiger partial charge in [-0.1, -0.05) is 127 Å². The highest BCUT2D eigenvalue weighted by Crippen LogP contribution is 2.45. The molecule has 0 unspecified atom stereocenters. The summed E-state index contributed by atoms with van der Waals surface area (Å²) in [4.78, 5) is 12.1. The average molecular weight is 761 g/mol. The van der Waals surface area contributed by atoms with Gasteiger partial charge in [-0.05, 0) is 93.5 Å². The van der Waals surface area contributed by atoms with Crippen molar-refractivity contribution in [2.75, 3.05) is 4.90 Å². The number of fused-ring (bicyclic) bond motifs is 6. The first kappa shape index (κ1) is 33.8. The van der Waals surface area contributed by atoms with Gasteiger partial charge in [0.1, 0.15) is 17.1 Å². The number of hydrogen-bond donors (Lipinski definition) is 0. The summed E-state index contributed by atoms with van der Waals surface area (Å²) in [5, 5.41) is 7.65. The Hall–Kier alpha value is -7.54. The van der Waals surface area contributed by atoms with E-state index in [2.05, 4.69) is 178 Å². The fourth-order valence-corrected chi connectivity index (χ4v) is 14.2. The SMILES string of the molecule is c1ccc(N2c3ccccc3[Si](c3ccccc3)(c3ccccc3)c3ccc4c(c32)c2cccnc2n4-c2cccc(Oc3cccc(-c4ccccn4)c3)c2)cc1. The monoisotopic (exact) mass is 760 g/mol. The first-order valence-corrected chi connectivity index (χ1v) is 21.6. The van der Waals surface area contributed by atoms with E-state index in [1.165, 1.54) is 32.1 Å². The molecule has 0 saturated carbocycles. The van der Waals surface area contributed by atoms with Crippen LogP contribution < -0.4 is 30.4 Å². The molecule has 0 atom stereocenters. The van der Waals surface area contributed by atoms with Crippen molar-refractivity contribution in [2.45, 2.75) is 0 Å². The van der Waals surface area contributed by atoms with Crippen LogP contribution in [0.25, 0.3) is 38.9 Å². The molecule has 0 spiro atoms. The van der Waals surface area contributed by atoms with Crippen molar-refractivity contribution < 1.29 is 4.74 Å². The van der Waals surface area contributed by atoms with Crippen LogP contribution in [0.5, 0.6) is 11.5 Å². The van der Waals surface area contributed by atoms with Gasteiger partial charge in [0.25, 0.3) is 0 Å². The molecule has 11 rings (SSSR count). The summed E-state index contributed by atoms with van der Waals surface area (Å²) in [7, 11) is -2.90. The van der Waals surface area contributed by atoms with Crippen LogP contribution in [-0.4, -0.2) is 22.6 Å². The standard InChI is InChI=1S/C52H36N4OSi/c1-4-18-38(19-5-1)55-46-29-10-11-30-48(46)58(42-23-6-2-7-24-42,43-25-8-3-9-26-43)49-32-31-47-50(51(49)55)44-27-16-34-54-52(44)56(47)39-20-15-22-41(36-39)57-40-21-14-17-37(35-40)45-28-12-13-33-53-45/h1-36H. The summed E-state index contributed by atoms with van der Waals surface area (Å²) < 4.78 is 8.86. The van der Waals surface area contributed by atoms with Gasteiger partial charge in [0.15, 0.2) is 8.07 Å². The quantitative estimate of drug-likeness (QED) is 0.152. The first-order valence-electron chi connectivity index (χ1n) is 19.6. The molecular weight excluding hydrogens is 725 g/mol. The highest BCUT2D eigenvalue weighted by molar-refractivity contribution is 7.21. The molecule has 0 radical (unpaired) electrons. The normalized spacial score (nSPS) is 12.9. The number of aromatic nitrogens is 3. The van der Waals surface area contributed by atoms with Gasteiger partial charge < -0.3 is 9.64 Å². The zero-order chi connectivity index (χ0) is 38.5. The number of benzene rings is 7. The third-order valence-electron chi connectivity index (χ3n) is 11.4. The summed E-state index contributed by atoms with van der Waals surface area (Å²) in [6.07, 6.45) is 3.71. The van der Waals surface area contributed by atoms with Crippen LogP contribution in [0.4, 0.5) is 17.1 Å². The molecule has 274 valence electrons. The molecule has 5 nitrogen and oxygen atoms in total.